The van der Waals surface area contributed by atoms with Crippen LogP contribution < -0.4 is 0 Å². The molecule has 1 aromatic carbocycles. The van der Waals surface area contributed by atoms with E-state index in [2.05, 4.69) is 0 Å². The third kappa shape index (κ3) is 1.43. The van der Waals surface area contributed by atoms with Gasteiger partial charge in [-0.25, -0.2) is 4.21 Å². The summed E-state index contributed by atoms with van der Waals surface area (Å²) < 4.78 is 13.9. The van der Waals surface area contributed by atoms with Crippen LogP contribution in [-0.2, 0) is 11.0 Å². The zero-order valence-electron chi connectivity index (χ0n) is 10.6. The molecular formula is C14H12N2O3S. The van der Waals surface area contributed by atoms with Crippen LogP contribution in [0.3, 0.4) is 0 Å². The van der Waals surface area contributed by atoms with Crippen molar-refractivity contribution in [3.8, 4) is 0 Å². The molecule has 1 aliphatic carbocycles. The molecule has 1 unspecified atom stereocenters. The van der Waals surface area contributed by atoms with Crippen molar-refractivity contribution in [3.05, 3.63) is 47.5 Å². The van der Waals surface area contributed by atoms with Crippen molar-refractivity contribution in [2.24, 2.45) is 0 Å². The molecule has 5 nitrogen and oxygen atoms in total. The molecule has 1 saturated heterocycles. The lowest BCUT2D eigenvalue weighted by Crippen LogP contribution is -2.58. The topological polar surface area (TPSA) is 57.7 Å². The van der Waals surface area contributed by atoms with E-state index >= 15 is 0 Å². The van der Waals surface area contributed by atoms with Gasteiger partial charge in [0.05, 0.1) is 22.4 Å². The normalized spacial score (nSPS) is 32.0. The number of imide groups is 1. The molecule has 1 fully saturated rings. The van der Waals surface area contributed by atoms with Crippen LogP contribution in [0.25, 0.3) is 0 Å². The van der Waals surface area contributed by atoms with E-state index in [0.29, 0.717) is 11.1 Å². The molecule has 102 valence electrons. The maximum Gasteiger partial charge on any atom is 0.277 e. The highest BCUT2D eigenvalue weighted by Crippen LogP contribution is 2.35. The molecule has 3 atom stereocenters. The summed E-state index contributed by atoms with van der Waals surface area (Å²) >= 11 is 0. The zero-order valence-corrected chi connectivity index (χ0v) is 11.4. The van der Waals surface area contributed by atoms with Crippen molar-refractivity contribution in [1.29, 1.82) is 0 Å². The van der Waals surface area contributed by atoms with Crippen molar-refractivity contribution in [2.45, 2.75) is 24.1 Å². The second-order valence-corrected chi connectivity index (χ2v) is 6.65. The van der Waals surface area contributed by atoms with Gasteiger partial charge in [-0.1, -0.05) is 24.3 Å². The molecule has 2 amide bonds. The maximum atomic E-state index is 12.5. The number of carbonyl (C=O) groups is 2. The number of carbonyl (C=O) groups excluding carboxylic acids is 2. The molecule has 1 aromatic rings. The van der Waals surface area contributed by atoms with Gasteiger partial charge in [-0.05, 0) is 25.0 Å². The van der Waals surface area contributed by atoms with E-state index in [1.165, 1.54) is 4.41 Å². The van der Waals surface area contributed by atoms with Gasteiger partial charge in [-0.15, -0.1) is 4.41 Å². The number of nitrogens with zero attached hydrogens (tertiary/aromatic N) is 2. The smallest absolute Gasteiger partial charge is 0.267 e. The Hall–Kier alpha value is -1.79. The summed E-state index contributed by atoms with van der Waals surface area (Å²) in [5.74, 6) is -0.750. The highest BCUT2D eigenvalue weighted by atomic mass is 32.2. The Bertz CT molecular complexity index is 650. The third-order valence-electron chi connectivity index (χ3n) is 3.99. The fourth-order valence-corrected chi connectivity index (χ4v) is 4.58. The Morgan fingerprint density at radius 2 is 1.65 bits per heavy atom. The van der Waals surface area contributed by atoms with Gasteiger partial charge in [0.2, 0.25) is 0 Å². The molecule has 0 spiro atoms. The van der Waals surface area contributed by atoms with Gasteiger partial charge in [0.15, 0.2) is 0 Å². The van der Waals surface area contributed by atoms with Crippen molar-refractivity contribution in [3.63, 3.8) is 0 Å². The van der Waals surface area contributed by atoms with Crippen molar-refractivity contribution >= 4 is 22.8 Å². The molecule has 2 bridgehead atoms. The molecule has 6 heteroatoms. The number of hydrogen-bond donors (Lipinski definition) is 0. The standard InChI is InChI=1S/C14H12N2O3S/c17-13-11-3-1-2-4-12(11)14(18)15(13)16-9-5-7-10(8-6-9)20(16)19/h1-5,7,9-10H,6,8H2/t9-,10+,20?/m0/s1. The Labute approximate surface area is 118 Å². The SMILES string of the molecule is O=C1c2ccccc2C(=O)N1N1[C@H]2C=C[C@H](CC2)S1=O. The summed E-state index contributed by atoms with van der Waals surface area (Å²) in [6, 6.07) is 6.59. The summed E-state index contributed by atoms with van der Waals surface area (Å²) in [6.45, 7) is 0. The average molecular weight is 288 g/mol. The van der Waals surface area contributed by atoms with Crippen molar-refractivity contribution in [1.82, 2.24) is 9.42 Å². The lowest BCUT2D eigenvalue weighted by Gasteiger charge is -2.42. The van der Waals surface area contributed by atoms with E-state index in [1.54, 1.807) is 24.3 Å². The van der Waals surface area contributed by atoms with Crippen LogP contribution in [-0.4, -0.2) is 36.7 Å². The van der Waals surface area contributed by atoms with Crippen molar-refractivity contribution < 1.29 is 13.8 Å². The van der Waals surface area contributed by atoms with Crippen LogP contribution in [0.5, 0.6) is 0 Å². The minimum absolute atomic E-state index is 0.0932. The van der Waals surface area contributed by atoms with Gasteiger partial charge in [0.25, 0.3) is 11.8 Å². The quantitative estimate of drug-likeness (QED) is 0.577. The van der Waals surface area contributed by atoms with Gasteiger partial charge >= 0.3 is 0 Å². The predicted molar refractivity (Wildman–Crippen MR) is 72.9 cm³/mol. The van der Waals surface area contributed by atoms with E-state index in [0.717, 1.165) is 17.9 Å². The number of amides is 2. The van der Waals surface area contributed by atoms with Gasteiger partial charge < -0.3 is 0 Å². The number of hydrogen-bond acceptors (Lipinski definition) is 3. The van der Waals surface area contributed by atoms with Crippen LogP contribution in [0, 0.1) is 0 Å². The van der Waals surface area contributed by atoms with Crippen LogP contribution in [0.2, 0.25) is 0 Å². The maximum absolute atomic E-state index is 12.5. The monoisotopic (exact) mass is 288 g/mol. The first-order chi connectivity index (χ1) is 9.68. The molecule has 3 heterocycles. The molecule has 0 saturated carbocycles. The molecule has 3 aliphatic heterocycles. The van der Waals surface area contributed by atoms with Crippen LogP contribution in [0.15, 0.2) is 36.4 Å². The van der Waals surface area contributed by atoms with E-state index in [1.807, 2.05) is 12.2 Å². The average Bonchev–Trinajstić information content (AvgIpc) is 2.74. The molecule has 20 heavy (non-hydrogen) atoms. The summed E-state index contributed by atoms with van der Waals surface area (Å²) in [7, 11) is -1.35. The summed E-state index contributed by atoms with van der Waals surface area (Å²) in [4.78, 5) is 24.9. The first-order valence-electron chi connectivity index (χ1n) is 6.54. The number of rotatable bonds is 1. The highest BCUT2D eigenvalue weighted by Gasteiger charge is 2.48. The molecule has 0 radical (unpaired) electrons. The van der Waals surface area contributed by atoms with Crippen LogP contribution >= 0.6 is 0 Å². The second kappa shape index (κ2) is 4.10. The number of hydrazine groups is 1. The summed E-state index contributed by atoms with van der Waals surface area (Å²) in [6.07, 6.45) is 5.53. The second-order valence-electron chi connectivity index (χ2n) is 5.11. The number of benzene rings is 1. The van der Waals surface area contributed by atoms with Gasteiger partial charge in [0, 0.05) is 0 Å². The molecule has 0 N–H and O–H groups in total. The fourth-order valence-electron chi connectivity index (χ4n) is 2.99. The first kappa shape index (κ1) is 12.0. The summed E-state index contributed by atoms with van der Waals surface area (Å²) in [5, 5.41) is 0.977. The molecule has 0 aromatic heterocycles. The Morgan fingerprint density at radius 3 is 2.15 bits per heavy atom. The lowest BCUT2D eigenvalue weighted by atomic mass is 10.0. The Kier molecular flexibility index (Phi) is 2.46. The minimum Gasteiger partial charge on any atom is -0.267 e. The van der Waals surface area contributed by atoms with E-state index < -0.39 is 11.0 Å². The minimum atomic E-state index is -1.35. The summed E-state index contributed by atoms with van der Waals surface area (Å²) in [5.41, 5.74) is 0.778. The van der Waals surface area contributed by atoms with Gasteiger partial charge in [-0.2, -0.15) is 5.01 Å². The van der Waals surface area contributed by atoms with Crippen LogP contribution in [0.1, 0.15) is 33.6 Å². The molecule has 5 rings (SSSR count). The third-order valence-corrected chi connectivity index (χ3v) is 5.71. The predicted octanol–water partition coefficient (Wildman–Crippen LogP) is 1.26. The van der Waals surface area contributed by atoms with Gasteiger partial charge in [-0.3, -0.25) is 9.59 Å². The molecular weight excluding hydrogens is 276 g/mol. The fraction of sp³-hybridized carbons (Fsp3) is 0.286. The van der Waals surface area contributed by atoms with Crippen molar-refractivity contribution in [2.75, 3.05) is 0 Å². The highest BCUT2D eigenvalue weighted by molar-refractivity contribution is 7.83. The Morgan fingerprint density at radius 1 is 1.00 bits per heavy atom. The van der Waals surface area contributed by atoms with Gasteiger partial charge in [0.1, 0.15) is 11.0 Å². The Balaban J connectivity index is 1.78. The van der Waals surface area contributed by atoms with Crippen LogP contribution in [0.4, 0.5) is 0 Å². The molecule has 4 aliphatic rings. The zero-order chi connectivity index (χ0) is 13.9. The van der Waals surface area contributed by atoms with E-state index in [-0.39, 0.29) is 23.1 Å². The number of fused-ring (bicyclic) bond motifs is 3. The van der Waals surface area contributed by atoms with E-state index in [9.17, 15) is 13.8 Å². The first-order valence-corrected chi connectivity index (χ1v) is 7.71. The van der Waals surface area contributed by atoms with E-state index in [4.69, 9.17) is 0 Å². The lowest BCUT2D eigenvalue weighted by molar-refractivity contribution is 0.0251. The largest absolute Gasteiger partial charge is 0.277 e.